The Kier molecular flexibility index (Phi) is 4.48. The number of amides is 1. The molecule has 0 aromatic carbocycles. The molecule has 0 spiro atoms. The second kappa shape index (κ2) is 6.51. The number of aromatic nitrogens is 1. The molecule has 1 aromatic rings. The van der Waals surface area contributed by atoms with Gasteiger partial charge in [-0.3, -0.25) is 9.78 Å². The fourth-order valence-electron chi connectivity index (χ4n) is 2.47. The monoisotopic (exact) mass is 291 g/mol. The third-order valence-electron chi connectivity index (χ3n) is 3.98. The van der Waals surface area contributed by atoms with Crippen molar-refractivity contribution in [2.24, 2.45) is 5.92 Å². The van der Waals surface area contributed by atoms with E-state index >= 15 is 0 Å². The van der Waals surface area contributed by atoms with Gasteiger partial charge in [0.05, 0.1) is 24.4 Å². The maximum Gasteiger partial charge on any atom is 0.223 e. The number of ether oxygens (including phenoxy) is 1. The predicted octanol–water partition coefficient (Wildman–Crippen LogP) is -0.174. The zero-order valence-corrected chi connectivity index (χ0v) is 11.9. The van der Waals surface area contributed by atoms with Crippen LogP contribution in [-0.2, 0) is 16.1 Å². The molecule has 3 atom stereocenters. The first-order valence-corrected chi connectivity index (χ1v) is 7.44. The first-order valence-electron chi connectivity index (χ1n) is 7.44. The minimum atomic E-state index is -0.617. The van der Waals surface area contributed by atoms with Crippen LogP contribution in [0.15, 0.2) is 24.4 Å². The smallest absolute Gasteiger partial charge is 0.223 e. The van der Waals surface area contributed by atoms with E-state index in [4.69, 9.17) is 4.74 Å². The number of carbonyl (C=O) groups excluding carboxylic acids is 1. The van der Waals surface area contributed by atoms with Crippen molar-refractivity contribution in [1.82, 2.24) is 15.6 Å². The number of aliphatic hydroxyl groups excluding tert-OH is 1. The number of nitrogens with one attached hydrogen (secondary N) is 2. The molecule has 2 fully saturated rings. The lowest BCUT2D eigenvalue weighted by atomic mass is 10.1. The van der Waals surface area contributed by atoms with E-state index in [9.17, 15) is 9.90 Å². The van der Waals surface area contributed by atoms with Crippen LogP contribution in [0.4, 0.5) is 0 Å². The Morgan fingerprint density at radius 3 is 3.00 bits per heavy atom. The summed E-state index contributed by atoms with van der Waals surface area (Å²) >= 11 is 0. The largest absolute Gasteiger partial charge is 0.389 e. The van der Waals surface area contributed by atoms with Gasteiger partial charge in [0.15, 0.2) is 0 Å². The molecule has 3 N–H and O–H groups in total. The Hall–Kier alpha value is -1.50. The maximum absolute atomic E-state index is 11.6. The highest BCUT2D eigenvalue weighted by Gasteiger charge is 2.37. The molecular formula is C15H21N3O3. The number of hydrogen-bond acceptors (Lipinski definition) is 5. The van der Waals surface area contributed by atoms with Crippen molar-refractivity contribution in [3.05, 3.63) is 30.1 Å². The molecule has 2 heterocycles. The summed E-state index contributed by atoms with van der Waals surface area (Å²) < 4.78 is 5.57. The van der Waals surface area contributed by atoms with Crippen LogP contribution >= 0.6 is 0 Å². The van der Waals surface area contributed by atoms with Gasteiger partial charge in [-0.25, -0.2) is 0 Å². The van der Waals surface area contributed by atoms with Crippen LogP contribution in [0.25, 0.3) is 0 Å². The van der Waals surface area contributed by atoms with Gasteiger partial charge in [0, 0.05) is 25.2 Å². The molecule has 1 saturated heterocycles. The summed E-state index contributed by atoms with van der Waals surface area (Å²) in [6.07, 6.45) is 2.75. The second-order valence-corrected chi connectivity index (χ2v) is 5.69. The van der Waals surface area contributed by atoms with Crippen molar-refractivity contribution < 1.29 is 14.6 Å². The summed E-state index contributed by atoms with van der Waals surface area (Å²) in [7, 11) is 0. The van der Waals surface area contributed by atoms with Gasteiger partial charge in [-0.05, 0) is 25.0 Å². The molecule has 1 aliphatic heterocycles. The van der Waals surface area contributed by atoms with Crippen molar-refractivity contribution in [3.8, 4) is 0 Å². The lowest BCUT2D eigenvalue weighted by molar-refractivity contribution is -0.123. The molecule has 1 aliphatic carbocycles. The Bertz CT molecular complexity index is 478. The highest BCUT2D eigenvalue weighted by Crippen LogP contribution is 2.28. The average Bonchev–Trinajstić information content (AvgIpc) is 3.30. The number of nitrogens with zero attached hydrogens (tertiary/aromatic N) is 1. The molecule has 0 bridgehead atoms. The van der Waals surface area contributed by atoms with Crippen molar-refractivity contribution in [2.75, 3.05) is 13.2 Å². The van der Waals surface area contributed by atoms with E-state index in [1.807, 2.05) is 18.2 Å². The lowest BCUT2D eigenvalue weighted by Gasteiger charge is -2.18. The summed E-state index contributed by atoms with van der Waals surface area (Å²) in [6, 6.07) is 5.61. The van der Waals surface area contributed by atoms with Crippen LogP contribution in [0.1, 0.15) is 18.5 Å². The van der Waals surface area contributed by atoms with Gasteiger partial charge in [-0.1, -0.05) is 6.07 Å². The normalized spacial score (nSPS) is 28.5. The summed E-state index contributed by atoms with van der Waals surface area (Å²) in [5.74, 6) is 0.261. The van der Waals surface area contributed by atoms with E-state index < -0.39 is 6.10 Å². The molecule has 2 aliphatic rings. The number of rotatable bonds is 6. The number of pyridine rings is 1. The zero-order chi connectivity index (χ0) is 14.7. The minimum Gasteiger partial charge on any atom is -0.389 e. The third kappa shape index (κ3) is 3.78. The van der Waals surface area contributed by atoms with Crippen molar-refractivity contribution in [1.29, 1.82) is 0 Å². The Morgan fingerprint density at radius 2 is 2.29 bits per heavy atom. The fourth-order valence-corrected chi connectivity index (χ4v) is 2.47. The quantitative estimate of drug-likeness (QED) is 0.677. The van der Waals surface area contributed by atoms with Crippen LogP contribution < -0.4 is 10.6 Å². The van der Waals surface area contributed by atoms with Gasteiger partial charge < -0.3 is 20.5 Å². The second-order valence-electron chi connectivity index (χ2n) is 5.69. The standard InChI is InChI=1S/C15H21N3O3/c19-14-12(17-7-11-3-1-2-6-16-11)9-21-13(14)8-18-15(20)10-4-5-10/h1-3,6,10,12-14,17,19H,4-5,7-9H2,(H,18,20). The Labute approximate surface area is 123 Å². The molecule has 0 radical (unpaired) electrons. The highest BCUT2D eigenvalue weighted by molar-refractivity contribution is 5.80. The first kappa shape index (κ1) is 14.4. The molecule has 1 aromatic heterocycles. The van der Waals surface area contributed by atoms with Crippen LogP contribution in [0.5, 0.6) is 0 Å². The van der Waals surface area contributed by atoms with E-state index in [1.54, 1.807) is 6.20 Å². The van der Waals surface area contributed by atoms with Gasteiger partial charge in [0.1, 0.15) is 6.10 Å². The molecule has 3 rings (SSSR count). The SMILES string of the molecule is O=C(NCC1OCC(NCc2ccccn2)C1O)C1CC1. The molecule has 1 amide bonds. The van der Waals surface area contributed by atoms with Crippen molar-refractivity contribution in [2.45, 2.75) is 37.6 Å². The van der Waals surface area contributed by atoms with Crippen LogP contribution in [0.2, 0.25) is 0 Å². The average molecular weight is 291 g/mol. The van der Waals surface area contributed by atoms with Crippen LogP contribution in [0, 0.1) is 5.92 Å². The zero-order valence-electron chi connectivity index (χ0n) is 11.9. The van der Waals surface area contributed by atoms with E-state index in [0.717, 1.165) is 18.5 Å². The van der Waals surface area contributed by atoms with Gasteiger partial charge in [-0.2, -0.15) is 0 Å². The number of carbonyl (C=O) groups is 1. The number of aliphatic hydroxyl groups is 1. The molecule has 21 heavy (non-hydrogen) atoms. The van der Waals surface area contributed by atoms with Crippen LogP contribution in [-0.4, -0.2) is 47.4 Å². The molecule has 6 heteroatoms. The molecule has 3 unspecified atom stereocenters. The van der Waals surface area contributed by atoms with Gasteiger partial charge >= 0.3 is 0 Å². The molecule has 114 valence electrons. The molecule has 6 nitrogen and oxygen atoms in total. The third-order valence-corrected chi connectivity index (χ3v) is 3.98. The summed E-state index contributed by atoms with van der Waals surface area (Å²) in [5.41, 5.74) is 0.926. The number of hydrogen-bond donors (Lipinski definition) is 3. The molecule has 1 saturated carbocycles. The van der Waals surface area contributed by atoms with Crippen molar-refractivity contribution in [3.63, 3.8) is 0 Å². The van der Waals surface area contributed by atoms with Gasteiger partial charge in [0.2, 0.25) is 5.91 Å². The van der Waals surface area contributed by atoms with E-state index in [1.165, 1.54) is 0 Å². The highest BCUT2D eigenvalue weighted by atomic mass is 16.5. The van der Waals surface area contributed by atoms with E-state index in [2.05, 4.69) is 15.6 Å². The summed E-state index contributed by atoms with van der Waals surface area (Å²) in [6.45, 7) is 1.41. The summed E-state index contributed by atoms with van der Waals surface area (Å²) in [4.78, 5) is 15.8. The topological polar surface area (TPSA) is 83.5 Å². The summed E-state index contributed by atoms with van der Waals surface area (Å²) in [5, 5.41) is 16.3. The van der Waals surface area contributed by atoms with E-state index in [-0.39, 0.29) is 24.0 Å². The maximum atomic E-state index is 11.6. The molecular weight excluding hydrogens is 270 g/mol. The fraction of sp³-hybridized carbons (Fsp3) is 0.600. The Morgan fingerprint density at radius 1 is 1.43 bits per heavy atom. The predicted molar refractivity (Wildman–Crippen MR) is 76.3 cm³/mol. The van der Waals surface area contributed by atoms with E-state index in [0.29, 0.717) is 19.7 Å². The van der Waals surface area contributed by atoms with Gasteiger partial charge in [-0.15, -0.1) is 0 Å². The Balaban J connectivity index is 1.42. The van der Waals surface area contributed by atoms with Gasteiger partial charge in [0.25, 0.3) is 0 Å². The lowest BCUT2D eigenvalue weighted by Crippen LogP contribution is -2.44. The van der Waals surface area contributed by atoms with Crippen molar-refractivity contribution >= 4 is 5.91 Å². The first-order chi connectivity index (χ1) is 10.2. The van der Waals surface area contributed by atoms with Crippen LogP contribution in [0.3, 0.4) is 0 Å². The minimum absolute atomic E-state index is 0.0793.